The molecule has 0 saturated heterocycles. The summed E-state index contributed by atoms with van der Waals surface area (Å²) in [5.74, 6) is 0.749. The lowest BCUT2D eigenvalue weighted by atomic mass is 10.2. The molecule has 1 aromatic heterocycles. The van der Waals surface area contributed by atoms with E-state index < -0.39 is 0 Å². The number of halogens is 1. The zero-order chi connectivity index (χ0) is 16.1. The lowest BCUT2D eigenvalue weighted by Crippen LogP contribution is -2.17. The van der Waals surface area contributed by atoms with Crippen molar-refractivity contribution in [1.82, 2.24) is 4.98 Å². The van der Waals surface area contributed by atoms with Crippen LogP contribution >= 0.6 is 23.4 Å². The van der Waals surface area contributed by atoms with Gasteiger partial charge in [0.15, 0.2) is 0 Å². The number of carbonyl (C=O) groups excluding carboxylic acids is 1. The summed E-state index contributed by atoms with van der Waals surface area (Å²) in [6, 6.07) is 9.07. The number of nitrogens with zero attached hydrogens (tertiary/aromatic N) is 2. The molecule has 2 aromatic rings. The van der Waals surface area contributed by atoms with E-state index in [0.717, 1.165) is 16.5 Å². The second kappa shape index (κ2) is 7.51. The van der Waals surface area contributed by atoms with Crippen molar-refractivity contribution >= 4 is 40.6 Å². The summed E-state index contributed by atoms with van der Waals surface area (Å²) in [6.45, 7) is 2.06. The zero-order valence-electron chi connectivity index (χ0n) is 12.8. The number of amides is 1. The van der Waals surface area contributed by atoms with Crippen LogP contribution in [0.3, 0.4) is 0 Å². The first-order valence-corrected chi connectivity index (χ1v) is 8.25. The Labute approximate surface area is 139 Å². The van der Waals surface area contributed by atoms with E-state index in [2.05, 4.69) is 17.2 Å². The Kier molecular flexibility index (Phi) is 5.69. The van der Waals surface area contributed by atoms with Crippen LogP contribution in [0.2, 0.25) is 5.02 Å². The van der Waals surface area contributed by atoms with E-state index in [4.69, 9.17) is 11.6 Å². The molecule has 4 nitrogen and oxygen atoms in total. The first kappa shape index (κ1) is 16.6. The molecule has 1 amide bonds. The molecule has 1 aromatic carbocycles. The molecular weight excluding hydrogens is 318 g/mol. The van der Waals surface area contributed by atoms with Crippen molar-refractivity contribution in [1.29, 1.82) is 0 Å². The third-order valence-electron chi connectivity index (χ3n) is 2.97. The van der Waals surface area contributed by atoms with Gasteiger partial charge in [-0.1, -0.05) is 24.6 Å². The summed E-state index contributed by atoms with van der Waals surface area (Å²) < 4.78 is 0. The molecule has 0 fully saturated rings. The minimum absolute atomic E-state index is 0.203. The Morgan fingerprint density at radius 1 is 1.32 bits per heavy atom. The van der Waals surface area contributed by atoms with Gasteiger partial charge in [-0.3, -0.25) is 4.79 Å². The number of nitrogens with one attached hydrogen (secondary N) is 1. The van der Waals surface area contributed by atoms with Crippen LogP contribution in [-0.2, 0) is 0 Å². The highest BCUT2D eigenvalue weighted by Crippen LogP contribution is 2.32. The summed E-state index contributed by atoms with van der Waals surface area (Å²) >= 11 is 7.84. The van der Waals surface area contributed by atoms with Crippen molar-refractivity contribution in [2.45, 2.75) is 11.9 Å². The third-order valence-corrected chi connectivity index (χ3v) is 4.10. The van der Waals surface area contributed by atoms with Gasteiger partial charge in [0.05, 0.1) is 27.0 Å². The standard InChI is InChI=1S/C16H18ClN3OS/c1-4-22-14-9-8-11(10-18-14)16(21)19-13-7-5-6-12(17)15(13)20(2)3/h5-10H,4H2,1-3H3,(H,19,21). The molecule has 0 aliphatic carbocycles. The first-order chi connectivity index (χ1) is 10.5. The normalized spacial score (nSPS) is 10.4. The fourth-order valence-corrected chi connectivity index (χ4v) is 2.94. The minimum Gasteiger partial charge on any atom is -0.375 e. The van der Waals surface area contributed by atoms with E-state index in [0.29, 0.717) is 16.3 Å². The molecular formula is C16H18ClN3OS. The fraction of sp³-hybridized carbons (Fsp3) is 0.250. The van der Waals surface area contributed by atoms with Crippen molar-refractivity contribution in [3.8, 4) is 0 Å². The van der Waals surface area contributed by atoms with E-state index in [-0.39, 0.29) is 5.91 Å². The van der Waals surface area contributed by atoms with Gasteiger partial charge in [-0.05, 0) is 30.0 Å². The number of benzene rings is 1. The van der Waals surface area contributed by atoms with Crippen LogP contribution in [0.1, 0.15) is 17.3 Å². The van der Waals surface area contributed by atoms with Crippen molar-refractivity contribution < 1.29 is 4.79 Å². The average molecular weight is 336 g/mol. The van der Waals surface area contributed by atoms with Gasteiger partial charge < -0.3 is 10.2 Å². The maximum absolute atomic E-state index is 12.3. The molecule has 0 unspecified atom stereocenters. The number of aromatic nitrogens is 1. The predicted molar refractivity (Wildman–Crippen MR) is 94.4 cm³/mol. The largest absolute Gasteiger partial charge is 0.375 e. The number of rotatable bonds is 5. The summed E-state index contributed by atoms with van der Waals surface area (Å²) in [7, 11) is 3.77. The maximum atomic E-state index is 12.3. The molecule has 0 bridgehead atoms. The van der Waals surface area contributed by atoms with Crippen LogP contribution in [0.25, 0.3) is 0 Å². The Morgan fingerprint density at radius 3 is 2.68 bits per heavy atom. The Balaban J connectivity index is 2.20. The van der Waals surface area contributed by atoms with Crippen LogP contribution in [0.5, 0.6) is 0 Å². The van der Waals surface area contributed by atoms with Crippen LogP contribution in [-0.4, -0.2) is 30.7 Å². The summed E-state index contributed by atoms with van der Waals surface area (Å²) in [5.41, 5.74) is 1.98. The van der Waals surface area contributed by atoms with Crippen LogP contribution in [0, 0.1) is 0 Å². The second-order valence-electron chi connectivity index (χ2n) is 4.80. The quantitative estimate of drug-likeness (QED) is 0.833. The van der Waals surface area contributed by atoms with Crippen molar-refractivity contribution in [3.63, 3.8) is 0 Å². The molecule has 0 aliphatic heterocycles. The van der Waals surface area contributed by atoms with Gasteiger partial charge in [-0.2, -0.15) is 0 Å². The monoisotopic (exact) mass is 335 g/mol. The highest BCUT2D eigenvalue weighted by atomic mass is 35.5. The van der Waals surface area contributed by atoms with E-state index >= 15 is 0 Å². The van der Waals surface area contributed by atoms with E-state index in [1.807, 2.05) is 37.2 Å². The molecule has 1 heterocycles. The Hall–Kier alpha value is -1.72. The molecule has 0 atom stereocenters. The second-order valence-corrected chi connectivity index (χ2v) is 6.49. The fourth-order valence-electron chi connectivity index (χ4n) is 2.01. The third kappa shape index (κ3) is 3.93. The smallest absolute Gasteiger partial charge is 0.257 e. The van der Waals surface area contributed by atoms with Gasteiger partial charge in [0.1, 0.15) is 0 Å². The minimum atomic E-state index is -0.203. The van der Waals surface area contributed by atoms with Gasteiger partial charge in [0.25, 0.3) is 5.91 Å². The number of thioether (sulfide) groups is 1. The number of anilines is 2. The Bertz CT molecular complexity index is 659. The van der Waals surface area contributed by atoms with E-state index in [1.54, 1.807) is 30.1 Å². The van der Waals surface area contributed by atoms with Gasteiger partial charge in [0.2, 0.25) is 0 Å². The van der Waals surface area contributed by atoms with Crippen LogP contribution in [0.15, 0.2) is 41.6 Å². The molecule has 2 rings (SSSR count). The van der Waals surface area contributed by atoms with E-state index in [1.165, 1.54) is 0 Å². The molecule has 0 radical (unpaired) electrons. The number of hydrogen-bond donors (Lipinski definition) is 1. The summed E-state index contributed by atoms with van der Waals surface area (Å²) in [6.07, 6.45) is 1.59. The predicted octanol–water partition coefficient (Wildman–Crippen LogP) is 4.17. The average Bonchev–Trinajstić information content (AvgIpc) is 2.48. The maximum Gasteiger partial charge on any atom is 0.257 e. The van der Waals surface area contributed by atoms with E-state index in [9.17, 15) is 4.79 Å². The number of carbonyl (C=O) groups is 1. The molecule has 22 heavy (non-hydrogen) atoms. The van der Waals surface area contributed by atoms with Gasteiger partial charge in [-0.25, -0.2) is 4.98 Å². The van der Waals surface area contributed by atoms with Crippen LogP contribution in [0.4, 0.5) is 11.4 Å². The number of para-hydroxylation sites is 1. The summed E-state index contributed by atoms with van der Waals surface area (Å²) in [4.78, 5) is 18.5. The topological polar surface area (TPSA) is 45.2 Å². The lowest BCUT2D eigenvalue weighted by molar-refractivity contribution is 0.102. The van der Waals surface area contributed by atoms with Crippen molar-refractivity contribution in [2.75, 3.05) is 30.1 Å². The lowest BCUT2D eigenvalue weighted by Gasteiger charge is -2.19. The Morgan fingerprint density at radius 2 is 2.09 bits per heavy atom. The van der Waals surface area contributed by atoms with Crippen molar-refractivity contribution in [3.05, 3.63) is 47.1 Å². The first-order valence-electron chi connectivity index (χ1n) is 6.89. The highest BCUT2D eigenvalue weighted by Gasteiger charge is 2.13. The molecule has 0 spiro atoms. The van der Waals surface area contributed by atoms with Gasteiger partial charge in [-0.15, -0.1) is 11.8 Å². The highest BCUT2D eigenvalue weighted by molar-refractivity contribution is 7.99. The summed E-state index contributed by atoms with van der Waals surface area (Å²) in [5, 5.41) is 4.39. The number of hydrogen-bond acceptors (Lipinski definition) is 4. The molecule has 116 valence electrons. The molecule has 0 aliphatic rings. The molecule has 6 heteroatoms. The van der Waals surface area contributed by atoms with Crippen molar-refractivity contribution in [2.24, 2.45) is 0 Å². The molecule has 1 N–H and O–H groups in total. The van der Waals surface area contributed by atoms with Crippen LogP contribution < -0.4 is 10.2 Å². The number of pyridine rings is 1. The molecule has 0 saturated carbocycles. The SMILES string of the molecule is CCSc1ccc(C(=O)Nc2cccc(Cl)c2N(C)C)cn1. The van der Waals surface area contributed by atoms with Gasteiger partial charge >= 0.3 is 0 Å². The van der Waals surface area contributed by atoms with Gasteiger partial charge in [0, 0.05) is 20.3 Å². The zero-order valence-corrected chi connectivity index (χ0v) is 14.3.